The number of ether oxygens (including phenoxy) is 1. The van der Waals surface area contributed by atoms with E-state index < -0.39 is 0 Å². The van der Waals surface area contributed by atoms with Gasteiger partial charge in [0.15, 0.2) is 0 Å². The van der Waals surface area contributed by atoms with Gasteiger partial charge in [-0.15, -0.1) is 5.10 Å². The van der Waals surface area contributed by atoms with Crippen LogP contribution in [0.1, 0.15) is 25.5 Å². The second kappa shape index (κ2) is 6.50. The van der Waals surface area contributed by atoms with Crippen LogP contribution in [0.4, 0.5) is 0 Å². The van der Waals surface area contributed by atoms with Gasteiger partial charge in [-0.2, -0.15) is 5.10 Å². The summed E-state index contributed by atoms with van der Waals surface area (Å²) < 4.78 is 5.72. The average molecular weight is 247 g/mol. The molecule has 18 heavy (non-hydrogen) atoms. The smallest absolute Gasteiger partial charge is 0.233 e. The maximum atomic E-state index is 5.72. The summed E-state index contributed by atoms with van der Waals surface area (Å²) >= 11 is 0. The van der Waals surface area contributed by atoms with E-state index in [0.29, 0.717) is 17.7 Å². The summed E-state index contributed by atoms with van der Waals surface area (Å²) in [5, 5.41) is 11.2. The minimum absolute atomic E-state index is 0.591. The quantitative estimate of drug-likeness (QED) is 0.810. The fraction of sp³-hybridized carbons (Fsp3) is 0.571. The van der Waals surface area contributed by atoms with Crippen molar-refractivity contribution in [3.63, 3.8) is 0 Å². The van der Waals surface area contributed by atoms with Gasteiger partial charge in [0, 0.05) is 12.6 Å². The normalized spacial score (nSPS) is 23.0. The second-order valence-electron chi connectivity index (χ2n) is 4.88. The monoisotopic (exact) mass is 247 g/mol. The summed E-state index contributed by atoms with van der Waals surface area (Å²) in [6.45, 7) is 3.74. The molecule has 1 N–H and O–H groups in total. The predicted octanol–water partition coefficient (Wildman–Crippen LogP) is 2.18. The highest BCUT2D eigenvalue weighted by Crippen LogP contribution is 2.25. The molecule has 2 atom stereocenters. The lowest BCUT2D eigenvalue weighted by Gasteiger charge is -2.24. The van der Waals surface area contributed by atoms with Crippen LogP contribution < -0.4 is 10.1 Å². The molecule has 0 amide bonds. The van der Waals surface area contributed by atoms with Gasteiger partial charge in [0.2, 0.25) is 5.88 Å². The fourth-order valence-electron chi connectivity index (χ4n) is 2.13. The van der Waals surface area contributed by atoms with Crippen molar-refractivity contribution >= 4 is 0 Å². The van der Waals surface area contributed by atoms with Gasteiger partial charge in [-0.25, -0.2) is 0 Å². The Morgan fingerprint density at radius 2 is 2.11 bits per heavy atom. The van der Waals surface area contributed by atoms with E-state index in [4.69, 9.17) is 4.74 Å². The third-order valence-corrected chi connectivity index (χ3v) is 3.42. The molecule has 0 spiro atoms. The molecule has 0 bridgehead atoms. The first kappa shape index (κ1) is 13.0. The molecule has 0 aromatic carbocycles. The molecule has 0 fully saturated rings. The van der Waals surface area contributed by atoms with Crippen molar-refractivity contribution in [2.24, 2.45) is 11.8 Å². The zero-order chi connectivity index (χ0) is 12.8. The Hall–Kier alpha value is -1.42. The lowest BCUT2D eigenvalue weighted by atomic mass is 9.85. The number of hydrogen-bond acceptors (Lipinski definition) is 4. The van der Waals surface area contributed by atoms with Gasteiger partial charge >= 0.3 is 0 Å². The predicted molar refractivity (Wildman–Crippen MR) is 71.3 cm³/mol. The summed E-state index contributed by atoms with van der Waals surface area (Å²) in [6, 6.07) is 3.84. The SMILES string of the molecule is CNCc1ccc(OCC2CC=CCC2C)nn1. The van der Waals surface area contributed by atoms with Crippen LogP contribution in [-0.4, -0.2) is 23.9 Å². The van der Waals surface area contributed by atoms with Crippen molar-refractivity contribution in [1.29, 1.82) is 0 Å². The molecule has 0 saturated heterocycles. The Morgan fingerprint density at radius 3 is 2.78 bits per heavy atom. The van der Waals surface area contributed by atoms with Crippen LogP contribution in [-0.2, 0) is 6.54 Å². The lowest BCUT2D eigenvalue weighted by Crippen LogP contribution is -2.21. The summed E-state index contributed by atoms with van der Waals surface area (Å²) in [5.74, 6) is 1.90. The number of aromatic nitrogens is 2. The summed E-state index contributed by atoms with van der Waals surface area (Å²) in [5.41, 5.74) is 0.929. The van der Waals surface area contributed by atoms with Crippen LogP contribution in [0, 0.1) is 11.8 Å². The molecule has 1 heterocycles. The van der Waals surface area contributed by atoms with Gasteiger partial charge in [-0.3, -0.25) is 0 Å². The largest absolute Gasteiger partial charge is 0.476 e. The van der Waals surface area contributed by atoms with Crippen LogP contribution in [0.2, 0.25) is 0 Å². The van der Waals surface area contributed by atoms with Crippen LogP contribution in [0.25, 0.3) is 0 Å². The number of hydrogen-bond donors (Lipinski definition) is 1. The molecule has 2 rings (SSSR count). The van der Waals surface area contributed by atoms with E-state index >= 15 is 0 Å². The lowest BCUT2D eigenvalue weighted by molar-refractivity contribution is 0.191. The highest BCUT2D eigenvalue weighted by Gasteiger charge is 2.19. The molecule has 4 nitrogen and oxygen atoms in total. The van der Waals surface area contributed by atoms with E-state index in [1.165, 1.54) is 0 Å². The van der Waals surface area contributed by atoms with Gasteiger partial charge in [0.1, 0.15) is 0 Å². The van der Waals surface area contributed by atoms with E-state index in [9.17, 15) is 0 Å². The third-order valence-electron chi connectivity index (χ3n) is 3.42. The van der Waals surface area contributed by atoms with Gasteiger partial charge in [0.25, 0.3) is 0 Å². The molecule has 4 heteroatoms. The Morgan fingerprint density at radius 1 is 1.28 bits per heavy atom. The van der Waals surface area contributed by atoms with Crippen molar-refractivity contribution < 1.29 is 4.74 Å². The van der Waals surface area contributed by atoms with E-state index in [0.717, 1.165) is 31.7 Å². The molecule has 0 radical (unpaired) electrons. The van der Waals surface area contributed by atoms with Crippen molar-refractivity contribution in [2.45, 2.75) is 26.3 Å². The van der Waals surface area contributed by atoms with Crippen LogP contribution in [0.5, 0.6) is 5.88 Å². The average Bonchev–Trinajstić information content (AvgIpc) is 2.40. The summed E-state index contributed by atoms with van der Waals surface area (Å²) in [7, 11) is 1.89. The van der Waals surface area contributed by atoms with Crippen molar-refractivity contribution in [3.8, 4) is 5.88 Å². The molecule has 0 saturated carbocycles. The van der Waals surface area contributed by atoms with E-state index in [1.54, 1.807) is 0 Å². The maximum Gasteiger partial charge on any atom is 0.233 e. The first-order valence-corrected chi connectivity index (χ1v) is 6.54. The molecule has 0 aliphatic heterocycles. The highest BCUT2D eigenvalue weighted by atomic mass is 16.5. The van der Waals surface area contributed by atoms with Gasteiger partial charge in [-0.1, -0.05) is 19.1 Å². The number of rotatable bonds is 5. The van der Waals surface area contributed by atoms with Crippen LogP contribution in [0.3, 0.4) is 0 Å². The Kier molecular flexibility index (Phi) is 4.70. The Balaban J connectivity index is 1.84. The second-order valence-corrected chi connectivity index (χ2v) is 4.88. The molecular weight excluding hydrogens is 226 g/mol. The van der Waals surface area contributed by atoms with Crippen molar-refractivity contribution in [2.75, 3.05) is 13.7 Å². The molecule has 98 valence electrons. The summed E-state index contributed by atoms with van der Waals surface area (Å²) in [4.78, 5) is 0. The van der Waals surface area contributed by atoms with Crippen molar-refractivity contribution in [1.82, 2.24) is 15.5 Å². The third kappa shape index (κ3) is 3.53. The zero-order valence-corrected chi connectivity index (χ0v) is 11.1. The van der Waals surface area contributed by atoms with Gasteiger partial charge in [0.05, 0.1) is 12.3 Å². The van der Waals surface area contributed by atoms with Crippen molar-refractivity contribution in [3.05, 3.63) is 30.0 Å². The Labute approximate surface area is 108 Å². The fourth-order valence-corrected chi connectivity index (χ4v) is 2.13. The van der Waals surface area contributed by atoms with E-state index in [2.05, 4.69) is 34.6 Å². The Bertz CT molecular complexity index is 389. The topological polar surface area (TPSA) is 47.0 Å². The minimum Gasteiger partial charge on any atom is -0.476 e. The molecule has 1 aliphatic carbocycles. The van der Waals surface area contributed by atoms with Gasteiger partial charge < -0.3 is 10.1 Å². The van der Waals surface area contributed by atoms with E-state index in [1.807, 2.05) is 19.2 Å². The van der Waals surface area contributed by atoms with Gasteiger partial charge in [-0.05, 0) is 37.8 Å². The first-order chi connectivity index (χ1) is 8.79. The number of nitrogens with one attached hydrogen (secondary N) is 1. The van der Waals surface area contributed by atoms with Crippen LogP contribution in [0.15, 0.2) is 24.3 Å². The standard InChI is InChI=1S/C14H21N3O/c1-11-5-3-4-6-12(11)10-18-14-8-7-13(9-15-2)16-17-14/h3-4,7-8,11-12,15H,5-6,9-10H2,1-2H3. The first-order valence-electron chi connectivity index (χ1n) is 6.54. The number of nitrogens with zero attached hydrogens (tertiary/aromatic N) is 2. The van der Waals surface area contributed by atoms with Crippen LogP contribution >= 0.6 is 0 Å². The van der Waals surface area contributed by atoms with E-state index in [-0.39, 0.29) is 0 Å². The molecule has 1 aliphatic rings. The number of allylic oxidation sites excluding steroid dienone is 2. The summed E-state index contributed by atoms with van der Waals surface area (Å²) in [6.07, 6.45) is 6.76. The molecular formula is C14H21N3O. The maximum absolute atomic E-state index is 5.72. The molecule has 1 aromatic rings. The molecule has 2 unspecified atom stereocenters. The minimum atomic E-state index is 0.591. The zero-order valence-electron chi connectivity index (χ0n) is 11.1. The molecule has 1 aromatic heterocycles. The highest BCUT2D eigenvalue weighted by molar-refractivity contribution is 5.11.